The molecule has 1 unspecified atom stereocenters. The van der Waals surface area contributed by atoms with Gasteiger partial charge in [0.15, 0.2) is 0 Å². The van der Waals surface area contributed by atoms with Crippen molar-refractivity contribution in [3.8, 4) is 0 Å². The number of piperidine rings is 1. The van der Waals surface area contributed by atoms with Crippen LogP contribution in [0.5, 0.6) is 0 Å². The third kappa shape index (κ3) is 3.10. The van der Waals surface area contributed by atoms with E-state index in [-0.39, 0.29) is 5.91 Å². The van der Waals surface area contributed by atoms with Gasteiger partial charge in [-0.3, -0.25) is 4.79 Å². The van der Waals surface area contributed by atoms with Gasteiger partial charge in [-0.25, -0.2) is 0 Å². The highest BCUT2D eigenvalue weighted by Gasteiger charge is 2.25. The van der Waals surface area contributed by atoms with Gasteiger partial charge in [-0.1, -0.05) is 25.1 Å². The van der Waals surface area contributed by atoms with Crippen molar-refractivity contribution < 1.29 is 4.79 Å². The zero-order chi connectivity index (χ0) is 14.7. The Morgan fingerprint density at radius 2 is 2.24 bits per heavy atom. The van der Waals surface area contributed by atoms with Gasteiger partial charge in [0.2, 0.25) is 5.91 Å². The largest absolute Gasteiger partial charge is 0.360 e. The Kier molecular flexibility index (Phi) is 4.54. The monoisotopic (exact) mass is 302 g/mol. The average Bonchev–Trinajstić information content (AvgIpc) is 2.96. The molecule has 1 aromatic heterocycles. The lowest BCUT2D eigenvalue weighted by Gasteiger charge is -2.35. The van der Waals surface area contributed by atoms with Gasteiger partial charge in [0.05, 0.1) is 5.75 Å². The van der Waals surface area contributed by atoms with Crippen molar-refractivity contribution in [3.05, 3.63) is 30.5 Å². The van der Waals surface area contributed by atoms with Crippen LogP contribution in [0.1, 0.15) is 32.6 Å². The molecule has 3 nitrogen and oxygen atoms in total. The summed E-state index contributed by atoms with van der Waals surface area (Å²) in [4.78, 5) is 19.0. The van der Waals surface area contributed by atoms with Crippen LogP contribution in [0.25, 0.3) is 10.9 Å². The van der Waals surface area contributed by atoms with Crippen LogP contribution in [0, 0.1) is 0 Å². The molecule has 3 rings (SSSR count). The molecule has 112 valence electrons. The molecule has 0 radical (unpaired) electrons. The Bertz CT molecular complexity index is 622. The predicted molar refractivity (Wildman–Crippen MR) is 88.7 cm³/mol. The van der Waals surface area contributed by atoms with Crippen molar-refractivity contribution in [1.29, 1.82) is 0 Å². The minimum Gasteiger partial charge on any atom is -0.360 e. The summed E-state index contributed by atoms with van der Waals surface area (Å²) in [5.41, 5.74) is 1.14. The molecule has 2 aromatic rings. The SMILES string of the molecule is CCC1CCCCN1C(=O)CSc1c[nH]c2ccccc12. The number of carbonyl (C=O) groups excluding carboxylic acids is 1. The molecular weight excluding hydrogens is 280 g/mol. The number of amides is 1. The zero-order valence-corrected chi connectivity index (χ0v) is 13.3. The molecule has 4 heteroatoms. The van der Waals surface area contributed by atoms with Crippen molar-refractivity contribution >= 4 is 28.6 Å². The van der Waals surface area contributed by atoms with Crippen molar-refractivity contribution in [2.24, 2.45) is 0 Å². The molecule has 1 aliphatic heterocycles. The van der Waals surface area contributed by atoms with Gasteiger partial charge in [-0.15, -0.1) is 11.8 Å². The lowest BCUT2D eigenvalue weighted by atomic mass is 10.0. The maximum absolute atomic E-state index is 12.5. The minimum atomic E-state index is 0.289. The summed E-state index contributed by atoms with van der Waals surface area (Å²) in [6.45, 7) is 3.12. The zero-order valence-electron chi connectivity index (χ0n) is 12.5. The molecule has 0 aliphatic carbocycles. The molecule has 1 N–H and O–H groups in total. The number of carbonyl (C=O) groups is 1. The van der Waals surface area contributed by atoms with E-state index < -0.39 is 0 Å². The summed E-state index contributed by atoms with van der Waals surface area (Å²) >= 11 is 1.65. The van der Waals surface area contributed by atoms with E-state index in [1.807, 2.05) is 18.3 Å². The van der Waals surface area contributed by atoms with Gasteiger partial charge in [-0.2, -0.15) is 0 Å². The second-order valence-electron chi connectivity index (χ2n) is 5.63. The summed E-state index contributed by atoms with van der Waals surface area (Å²) in [5, 5.41) is 1.21. The number of hydrogen-bond acceptors (Lipinski definition) is 2. The molecule has 21 heavy (non-hydrogen) atoms. The Balaban J connectivity index is 1.65. The number of nitrogens with one attached hydrogen (secondary N) is 1. The van der Waals surface area contributed by atoms with E-state index in [1.54, 1.807) is 11.8 Å². The van der Waals surface area contributed by atoms with E-state index in [4.69, 9.17) is 0 Å². The Labute approximate surface area is 130 Å². The molecule has 2 heterocycles. The third-order valence-electron chi connectivity index (χ3n) is 4.32. The van der Waals surface area contributed by atoms with E-state index in [1.165, 1.54) is 23.1 Å². The Hall–Kier alpha value is -1.42. The van der Waals surface area contributed by atoms with Gasteiger partial charge in [0.1, 0.15) is 0 Å². The fraction of sp³-hybridized carbons (Fsp3) is 0.471. The molecular formula is C17H22N2OS. The standard InChI is InChI=1S/C17H22N2OS/c1-2-13-7-5-6-10-19(13)17(20)12-21-16-11-18-15-9-4-3-8-14(15)16/h3-4,8-9,11,13,18H,2,5-7,10,12H2,1H3. The van der Waals surface area contributed by atoms with Crippen LogP contribution in [0.15, 0.2) is 35.4 Å². The number of aromatic amines is 1. The number of fused-ring (bicyclic) bond motifs is 1. The van der Waals surface area contributed by atoms with Crippen LogP contribution in [-0.2, 0) is 4.79 Å². The van der Waals surface area contributed by atoms with Crippen LogP contribution >= 0.6 is 11.8 Å². The van der Waals surface area contributed by atoms with Crippen molar-refractivity contribution in [2.75, 3.05) is 12.3 Å². The first kappa shape index (κ1) is 14.5. The fourth-order valence-electron chi connectivity index (χ4n) is 3.14. The van der Waals surface area contributed by atoms with Crippen LogP contribution in [0.3, 0.4) is 0 Å². The highest BCUT2D eigenvalue weighted by molar-refractivity contribution is 8.00. The summed E-state index contributed by atoms with van der Waals surface area (Å²) < 4.78 is 0. The predicted octanol–water partition coefficient (Wildman–Crippen LogP) is 4.05. The lowest BCUT2D eigenvalue weighted by molar-refractivity contribution is -0.132. The number of benzene rings is 1. The van der Waals surface area contributed by atoms with E-state index in [0.717, 1.165) is 24.9 Å². The molecule has 1 saturated heterocycles. The number of rotatable bonds is 4. The molecule has 1 aromatic carbocycles. The summed E-state index contributed by atoms with van der Waals surface area (Å²) in [5.74, 6) is 0.829. The van der Waals surface area contributed by atoms with Crippen LogP contribution < -0.4 is 0 Å². The smallest absolute Gasteiger partial charge is 0.233 e. The number of thioether (sulfide) groups is 1. The van der Waals surface area contributed by atoms with Crippen molar-refractivity contribution in [1.82, 2.24) is 9.88 Å². The molecule has 0 spiro atoms. The number of hydrogen-bond donors (Lipinski definition) is 1. The van der Waals surface area contributed by atoms with Gasteiger partial charge in [-0.05, 0) is 31.7 Å². The number of H-pyrrole nitrogens is 1. The second-order valence-corrected chi connectivity index (χ2v) is 6.65. The van der Waals surface area contributed by atoms with Gasteiger partial charge in [0.25, 0.3) is 0 Å². The minimum absolute atomic E-state index is 0.289. The highest BCUT2D eigenvalue weighted by atomic mass is 32.2. The number of aromatic nitrogens is 1. The Morgan fingerprint density at radius 3 is 3.10 bits per heavy atom. The maximum Gasteiger partial charge on any atom is 0.233 e. The second kappa shape index (κ2) is 6.56. The average molecular weight is 302 g/mol. The summed E-state index contributed by atoms with van der Waals surface area (Å²) in [6.07, 6.45) is 6.66. The van der Waals surface area contributed by atoms with E-state index in [0.29, 0.717) is 11.8 Å². The van der Waals surface area contributed by atoms with Crippen molar-refractivity contribution in [2.45, 2.75) is 43.5 Å². The molecule has 1 atom stereocenters. The van der Waals surface area contributed by atoms with Crippen LogP contribution in [0.4, 0.5) is 0 Å². The van der Waals surface area contributed by atoms with Crippen molar-refractivity contribution in [3.63, 3.8) is 0 Å². The van der Waals surface area contributed by atoms with Crippen LogP contribution in [0.2, 0.25) is 0 Å². The third-order valence-corrected chi connectivity index (χ3v) is 5.36. The molecule has 0 saturated carbocycles. The molecule has 1 aliphatic rings. The summed E-state index contributed by atoms with van der Waals surface area (Å²) in [6, 6.07) is 8.69. The molecule has 0 bridgehead atoms. The van der Waals surface area contributed by atoms with Gasteiger partial charge >= 0.3 is 0 Å². The van der Waals surface area contributed by atoms with Gasteiger partial charge in [0, 0.05) is 34.6 Å². The fourth-order valence-corrected chi connectivity index (χ4v) is 4.06. The normalized spacial score (nSPS) is 19.1. The lowest BCUT2D eigenvalue weighted by Crippen LogP contribution is -2.44. The molecule has 1 fully saturated rings. The first-order valence-corrected chi connectivity index (χ1v) is 8.76. The number of para-hydroxylation sites is 1. The highest BCUT2D eigenvalue weighted by Crippen LogP contribution is 2.28. The quantitative estimate of drug-likeness (QED) is 0.865. The number of nitrogens with zero attached hydrogens (tertiary/aromatic N) is 1. The van der Waals surface area contributed by atoms with E-state index >= 15 is 0 Å². The maximum atomic E-state index is 12.5. The number of likely N-dealkylation sites (tertiary alicyclic amines) is 1. The van der Waals surface area contributed by atoms with E-state index in [9.17, 15) is 4.79 Å². The van der Waals surface area contributed by atoms with Crippen LogP contribution in [-0.4, -0.2) is 34.1 Å². The molecule has 1 amide bonds. The first-order chi connectivity index (χ1) is 10.3. The topological polar surface area (TPSA) is 36.1 Å². The Morgan fingerprint density at radius 1 is 1.38 bits per heavy atom. The van der Waals surface area contributed by atoms with E-state index in [2.05, 4.69) is 28.9 Å². The van der Waals surface area contributed by atoms with Gasteiger partial charge < -0.3 is 9.88 Å². The summed E-state index contributed by atoms with van der Waals surface area (Å²) in [7, 11) is 0. The first-order valence-electron chi connectivity index (χ1n) is 7.78.